The Morgan fingerprint density at radius 3 is 1.88 bits per heavy atom. The van der Waals surface area contributed by atoms with Crippen molar-refractivity contribution in [3.05, 3.63) is 81.9 Å². The van der Waals surface area contributed by atoms with E-state index in [9.17, 15) is 14.2 Å². The Kier molecular flexibility index (Phi) is 7.29. The lowest BCUT2D eigenvalue weighted by molar-refractivity contribution is 0.103. The van der Waals surface area contributed by atoms with E-state index in [-0.39, 0.29) is 22.6 Å². The largest absolute Gasteiger partial charge is 0.496 e. The van der Waals surface area contributed by atoms with Crippen LogP contribution in [-0.4, -0.2) is 32.6 Å². The van der Waals surface area contributed by atoms with Gasteiger partial charge in [0, 0.05) is 28.8 Å². The van der Waals surface area contributed by atoms with E-state index in [0.717, 1.165) is 0 Å². The minimum Gasteiger partial charge on any atom is -0.496 e. The molecule has 33 heavy (non-hydrogen) atoms. The molecule has 0 aliphatic carbocycles. The first-order chi connectivity index (χ1) is 15.7. The summed E-state index contributed by atoms with van der Waals surface area (Å²) in [5, 5.41) is 0.168. The molecule has 1 unspecified atom stereocenters. The zero-order chi connectivity index (χ0) is 24.3. The fourth-order valence-corrected chi connectivity index (χ4v) is 5.24. The van der Waals surface area contributed by atoms with Gasteiger partial charge in [0.1, 0.15) is 22.6 Å². The maximum absolute atomic E-state index is 13.5. The lowest BCUT2D eigenvalue weighted by atomic mass is 9.90. The number of hydrogen-bond acceptors (Lipinski definition) is 6. The quantitative estimate of drug-likeness (QED) is 0.338. The number of benzene rings is 3. The second kappa shape index (κ2) is 9.97. The summed E-state index contributed by atoms with van der Waals surface area (Å²) in [6.07, 6.45) is 0. The molecule has 0 aliphatic rings. The molecule has 0 bridgehead atoms. The highest BCUT2D eigenvalue weighted by atomic mass is 31.1. The van der Waals surface area contributed by atoms with Crippen molar-refractivity contribution in [1.82, 2.24) is 0 Å². The number of rotatable bonds is 8. The molecule has 0 aliphatic heterocycles. The van der Waals surface area contributed by atoms with Gasteiger partial charge in [-0.3, -0.25) is 14.2 Å². The monoisotopic (exact) mass is 465 g/mol. The van der Waals surface area contributed by atoms with Crippen LogP contribution in [0.15, 0.2) is 48.5 Å². The Balaban J connectivity index is 2.10. The van der Waals surface area contributed by atoms with E-state index in [0.29, 0.717) is 39.1 Å². The van der Waals surface area contributed by atoms with Gasteiger partial charge in [-0.15, -0.1) is 0 Å². The summed E-state index contributed by atoms with van der Waals surface area (Å²) in [5.74, 6) is 0.809. The maximum atomic E-state index is 13.5. The molecule has 0 N–H and O–H groups in total. The highest BCUT2D eigenvalue weighted by Crippen LogP contribution is 2.40. The SMILES string of the molecule is COc1cc(OC)c([P](=O)C(=O)c2c(C)cc(C(=O)c3ccccc3)c(C)c2C)c(OC)c1. The van der Waals surface area contributed by atoms with E-state index in [1.165, 1.54) is 21.3 Å². The number of hydrogen-bond donors (Lipinski definition) is 0. The van der Waals surface area contributed by atoms with Gasteiger partial charge in [0.05, 0.1) is 21.3 Å². The standard InChI is InChI=1S/C26H26O6P/c1-15-12-20(24(27)18-10-8-7-9-11-18)16(2)17(3)23(15)26(28)33(29)25-21(31-5)13-19(30-4)14-22(25)32-6/h7-14H,1-6H3. The molecule has 0 aromatic heterocycles. The van der Waals surface area contributed by atoms with Gasteiger partial charge in [-0.25, -0.2) is 0 Å². The van der Waals surface area contributed by atoms with Crippen LogP contribution in [0.4, 0.5) is 0 Å². The van der Waals surface area contributed by atoms with Crippen LogP contribution in [-0.2, 0) is 4.57 Å². The third-order valence-corrected chi connectivity index (χ3v) is 7.11. The van der Waals surface area contributed by atoms with E-state index in [1.54, 1.807) is 63.2 Å². The molecule has 0 saturated heterocycles. The van der Waals surface area contributed by atoms with Gasteiger partial charge in [0.15, 0.2) is 13.6 Å². The van der Waals surface area contributed by atoms with Crippen molar-refractivity contribution < 1.29 is 28.4 Å². The molecule has 1 atom stereocenters. The molecule has 0 fully saturated rings. The number of carbonyl (C=O) groups is 2. The minimum absolute atomic E-state index is 0.124. The first-order valence-corrected chi connectivity index (χ1v) is 11.5. The third kappa shape index (κ3) is 4.53. The van der Waals surface area contributed by atoms with Crippen LogP contribution in [0.1, 0.15) is 43.0 Å². The summed E-state index contributed by atoms with van der Waals surface area (Å²) in [6, 6.07) is 13.8. The average Bonchev–Trinajstić information content (AvgIpc) is 2.84. The van der Waals surface area contributed by atoms with Gasteiger partial charge in [0.25, 0.3) is 0 Å². The van der Waals surface area contributed by atoms with E-state index in [2.05, 4.69) is 0 Å². The summed E-state index contributed by atoms with van der Waals surface area (Å²) in [6.45, 7) is 5.31. The van der Waals surface area contributed by atoms with Crippen molar-refractivity contribution in [2.45, 2.75) is 20.8 Å². The van der Waals surface area contributed by atoms with Gasteiger partial charge in [-0.1, -0.05) is 30.3 Å². The lowest BCUT2D eigenvalue weighted by Crippen LogP contribution is -2.14. The predicted molar refractivity (Wildman–Crippen MR) is 128 cm³/mol. The lowest BCUT2D eigenvalue weighted by Gasteiger charge is -2.17. The van der Waals surface area contributed by atoms with Gasteiger partial charge in [-0.05, 0) is 43.5 Å². The highest BCUT2D eigenvalue weighted by molar-refractivity contribution is 7.72. The van der Waals surface area contributed by atoms with Crippen molar-refractivity contribution in [3.8, 4) is 17.2 Å². The van der Waals surface area contributed by atoms with Crippen LogP contribution in [0.25, 0.3) is 0 Å². The molecule has 3 rings (SSSR count). The summed E-state index contributed by atoms with van der Waals surface area (Å²) in [7, 11) is 1.77. The first-order valence-electron chi connectivity index (χ1n) is 10.3. The first kappa shape index (κ1) is 24.1. The zero-order valence-electron chi connectivity index (χ0n) is 19.5. The van der Waals surface area contributed by atoms with Crippen LogP contribution in [0, 0.1) is 20.8 Å². The van der Waals surface area contributed by atoms with Crippen molar-refractivity contribution in [2.24, 2.45) is 0 Å². The van der Waals surface area contributed by atoms with Crippen LogP contribution in [0.3, 0.4) is 0 Å². The molecule has 1 radical (unpaired) electrons. The topological polar surface area (TPSA) is 78.9 Å². The molecule has 0 saturated carbocycles. The minimum atomic E-state index is -2.58. The van der Waals surface area contributed by atoms with E-state index in [4.69, 9.17) is 14.2 Å². The fourth-order valence-electron chi connectivity index (χ4n) is 3.78. The van der Waals surface area contributed by atoms with E-state index in [1.807, 2.05) is 6.07 Å². The van der Waals surface area contributed by atoms with Crippen molar-refractivity contribution in [1.29, 1.82) is 0 Å². The molecule has 0 spiro atoms. The van der Waals surface area contributed by atoms with E-state index < -0.39 is 13.3 Å². The second-order valence-corrected chi connectivity index (χ2v) is 8.98. The second-order valence-electron chi connectivity index (χ2n) is 7.54. The molecule has 7 heteroatoms. The predicted octanol–water partition coefficient (Wildman–Crippen LogP) is 5.16. The summed E-state index contributed by atoms with van der Waals surface area (Å²) >= 11 is 0. The Morgan fingerprint density at radius 2 is 1.36 bits per heavy atom. The van der Waals surface area contributed by atoms with Gasteiger partial charge >= 0.3 is 0 Å². The van der Waals surface area contributed by atoms with Gasteiger partial charge in [0.2, 0.25) is 5.52 Å². The van der Waals surface area contributed by atoms with Crippen LogP contribution < -0.4 is 19.5 Å². The molecule has 3 aromatic rings. The van der Waals surface area contributed by atoms with Crippen molar-refractivity contribution in [3.63, 3.8) is 0 Å². The van der Waals surface area contributed by atoms with Crippen LogP contribution in [0.5, 0.6) is 17.2 Å². The molecule has 0 heterocycles. The zero-order valence-corrected chi connectivity index (χ0v) is 20.4. The molecule has 171 valence electrons. The number of aryl methyl sites for hydroxylation is 1. The van der Waals surface area contributed by atoms with Crippen LogP contribution in [0.2, 0.25) is 0 Å². The Labute approximate surface area is 194 Å². The third-order valence-electron chi connectivity index (χ3n) is 5.67. The number of ether oxygens (including phenoxy) is 3. The Bertz CT molecular complexity index is 1220. The molecular weight excluding hydrogens is 439 g/mol. The average molecular weight is 465 g/mol. The summed E-state index contributed by atoms with van der Waals surface area (Å²) in [4.78, 5) is 26.5. The molecule has 6 nitrogen and oxygen atoms in total. The van der Waals surface area contributed by atoms with Crippen LogP contribution >= 0.6 is 7.80 Å². The summed E-state index contributed by atoms with van der Waals surface area (Å²) in [5.41, 5.74) is 2.74. The molecule has 3 aromatic carbocycles. The summed E-state index contributed by atoms with van der Waals surface area (Å²) < 4.78 is 29.5. The van der Waals surface area contributed by atoms with E-state index >= 15 is 0 Å². The molecule has 0 amide bonds. The number of ketones is 1. The fraction of sp³-hybridized carbons (Fsp3) is 0.231. The van der Waals surface area contributed by atoms with Gasteiger partial charge in [-0.2, -0.15) is 0 Å². The number of carbonyl (C=O) groups excluding carboxylic acids is 2. The van der Waals surface area contributed by atoms with Crippen molar-refractivity contribution >= 4 is 24.4 Å². The van der Waals surface area contributed by atoms with Gasteiger partial charge < -0.3 is 14.2 Å². The highest BCUT2D eigenvalue weighted by Gasteiger charge is 2.30. The Hall–Kier alpha value is -3.50. The number of methoxy groups -OCH3 is 3. The van der Waals surface area contributed by atoms with Crippen molar-refractivity contribution in [2.75, 3.05) is 21.3 Å². The Morgan fingerprint density at radius 1 is 0.788 bits per heavy atom. The smallest absolute Gasteiger partial charge is 0.247 e. The normalized spacial score (nSPS) is 11.0. The maximum Gasteiger partial charge on any atom is 0.247 e. The molecular formula is C26H26O6P.